The molecule has 19 heavy (non-hydrogen) atoms. The number of aromatic nitrogens is 2. The first kappa shape index (κ1) is 14.0. The molecule has 0 bridgehead atoms. The van der Waals surface area contributed by atoms with Crippen molar-refractivity contribution in [3.8, 4) is 0 Å². The fourth-order valence-electron chi connectivity index (χ4n) is 1.75. The minimum absolute atomic E-state index is 0.102. The summed E-state index contributed by atoms with van der Waals surface area (Å²) in [5, 5.41) is 0.619. The predicted octanol–water partition coefficient (Wildman–Crippen LogP) is 2.78. The SMILES string of the molecule is C[Si](C)(C)CCOCc1nc2ccccc2c(=O)[nH]1. The molecule has 0 atom stereocenters. The van der Waals surface area contributed by atoms with Crippen LogP contribution in [0, 0.1) is 0 Å². The second-order valence-electron chi connectivity index (χ2n) is 5.89. The fraction of sp³-hybridized carbons (Fsp3) is 0.429. The highest BCUT2D eigenvalue weighted by molar-refractivity contribution is 6.76. The molecular formula is C14H20N2O2Si. The largest absolute Gasteiger partial charge is 0.374 e. The van der Waals surface area contributed by atoms with Gasteiger partial charge in [0.15, 0.2) is 0 Å². The molecular weight excluding hydrogens is 256 g/mol. The van der Waals surface area contributed by atoms with Gasteiger partial charge >= 0.3 is 0 Å². The molecule has 1 N–H and O–H groups in total. The summed E-state index contributed by atoms with van der Waals surface area (Å²) in [5.74, 6) is 0.597. The second-order valence-corrected chi connectivity index (χ2v) is 11.5. The summed E-state index contributed by atoms with van der Waals surface area (Å²) in [6.07, 6.45) is 0. The van der Waals surface area contributed by atoms with Gasteiger partial charge < -0.3 is 9.72 Å². The molecule has 1 aromatic heterocycles. The third-order valence-electron chi connectivity index (χ3n) is 2.90. The van der Waals surface area contributed by atoms with E-state index in [1.807, 2.05) is 18.2 Å². The molecule has 0 aliphatic heterocycles. The maximum absolute atomic E-state index is 11.8. The molecule has 0 aliphatic carbocycles. The van der Waals surface area contributed by atoms with Gasteiger partial charge in [0.2, 0.25) is 0 Å². The van der Waals surface area contributed by atoms with Crippen molar-refractivity contribution in [3.63, 3.8) is 0 Å². The van der Waals surface area contributed by atoms with Gasteiger partial charge in [0.05, 0.1) is 10.9 Å². The lowest BCUT2D eigenvalue weighted by molar-refractivity contribution is 0.127. The molecule has 0 saturated carbocycles. The van der Waals surface area contributed by atoms with E-state index in [1.54, 1.807) is 6.07 Å². The number of fused-ring (bicyclic) bond motifs is 1. The van der Waals surface area contributed by atoms with Gasteiger partial charge in [-0.1, -0.05) is 31.8 Å². The van der Waals surface area contributed by atoms with Gasteiger partial charge in [0, 0.05) is 14.7 Å². The van der Waals surface area contributed by atoms with Crippen LogP contribution in [0.3, 0.4) is 0 Å². The Balaban J connectivity index is 2.04. The molecule has 0 fully saturated rings. The summed E-state index contributed by atoms with van der Waals surface area (Å²) in [5.41, 5.74) is 0.615. The Bertz CT molecular complexity index is 617. The zero-order chi connectivity index (χ0) is 13.9. The van der Waals surface area contributed by atoms with Gasteiger partial charge in [-0.2, -0.15) is 0 Å². The van der Waals surface area contributed by atoms with Crippen LogP contribution in [-0.4, -0.2) is 24.6 Å². The van der Waals surface area contributed by atoms with E-state index < -0.39 is 8.07 Å². The molecule has 0 amide bonds. The lowest BCUT2D eigenvalue weighted by atomic mass is 10.2. The summed E-state index contributed by atoms with van der Waals surface area (Å²) in [4.78, 5) is 19.0. The van der Waals surface area contributed by atoms with Crippen LogP contribution in [0.5, 0.6) is 0 Å². The van der Waals surface area contributed by atoms with Gasteiger partial charge in [-0.15, -0.1) is 0 Å². The van der Waals surface area contributed by atoms with E-state index in [0.29, 0.717) is 17.8 Å². The highest BCUT2D eigenvalue weighted by atomic mass is 28.3. The molecule has 102 valence electrons. The summed E-state index contributed by atoms with van der Waals surface area (Å²) >= 11 is 0. The summed E-state index contributed by atoms with van der Waals surface area (Å²) in [6, 6.07) is 8.45. The van der Waals surface area contributed by atoms with E-state index in [9.17, 15) is 4.79 Å². The fourth-order valence-corrected chi connectivity index (χ4v) is 2.51. The lowest BCUT2D eigenvalue weighted by Gasteiger charge is -2.15. The van der Waals surface area contributed by atoms with Crippen molar-refractivity contribution in [2.75, 3.05) is 6.61 Å². The number of nitrogens with one attached hydrogen (secondary N) is 1. The standard InChI is InChI=1S/C14H20N2O2Si/c1-19(2,3)9-8-18-10-13-15-12-7-5-4-6-11(12)14(17)16-13/h4-7H,8-10H2,1-3H3,(H,15,16,17). The number of aromatic amines is 1. The van der Waals surface area contributed by atoms with Crippen molar-refractivity contribution in [2.45, 2.75) is 32.3 Å². The Morgan fingerprint density at radius 1 is 1.26 bits per heavy atom. The van der Waals surface area contributed by atoms with E-state index >= 15 is 0 Å². The minimum atomic E-state index is -1.07. The zero-order valence-corrected chi connectivity index (χ0v) is 12.7. The average Bonchev–Trinajstić information content (AvgIpc) is 2.34. The summed E-state index contributed by atoms with van der Waals surface area (Å²) < 4.78 is 5.60. The maximum Gasteiger partial charge on any atom is 0.258 e. The van der Waals surface area contributed by atoms with Crippen molar-refractivity contribution in [1.82, 2.24) is 9.97 Å². The van der Waals surface area contributed by atoms with E-state index in [4.69, 9.17) is 4.74 Å². The third kappa shape index (κ3) is 4.01. The highest BCUT2D eigenvalue weighted by Gasteiger charge is 2.12. The van der Waals surface area contributed by atoms with Crippen LogP contribution in [-0.2, 0) is 11.3 Å². The molecule has 0 aliphatic rings. The van der Waals surface area contributed by atoms with Gasteiger partial charge in [-0.05, 0) is 18.2 Å². The van der Waals surface area contributed by atoms with Crippen molar-refractivity contribution in [1.29, 1.82) is 0 Å². The smallest absolute Gasteiger partial charge is 0.258 e. The van der Waals surface area contributed by atoms with Gasteiger partial charge in [0.25, 0.3) is 5.56 Å². The molecule has 0 unspecified atom stereocenters. The number of nitrogens with zero attached hydrogens (tertiary/aromatic N) is 1. The average molecular weight is 276 g/mol. The zero-order valence-electron chi connectivity index (χ0n) is 11.7. The summed E-state index contributed by atoms with van der Waals surface area (Å²) in [6.45, 7) is 8.03. The Kier molecular flexibility index (Phi) is 4.16. The Labute approximate surface area is 113 Å². The van der Waals surface area contributed by atoms with Crippen LogP contribution in [0.25, 0.3) is 10.9 Å². The van der Waals surface area contributed by atoms with Crippen molar-refractivity contribution < 1.29 is 4.74 Å². The first-order chi connectivity index (χ1) is 8.96. The number of benzene rings is 1. The molecule has 0 spiro atoms. The monoisotopic (exact) mass is 276 g/mol. The normalized spacial score (nSPS) is 11.9. The van der Waals surface area contributed by atoms with Crippen LogP contribution >= 0.6 is 0 Å². The molecule has 1 heterocycles. The topological polar surface area (TPSA) is 55.0 Å². The van der Waals surface area contributed by atoms with Gasteiger partial charge in [-0.25, -0.2) is 4.98 Å². The number of H-pyrrole nitrogens is 1. The molecule has 1 aromatic carbocycles. The molecule has 2 aromatic rings. The quantitative estimate of drug-likeness (QED) is 0.675. The van der Waals surface area contributed by atoms with Crippen molar-refractivity contribution >= 4 is 19.0 Å². The van der Waals surface area contributed by atoms with E-state index in [-0.39, 0.29) is 5.56 Å². The number of hydrogen-bond acceptors (Lipinski definition) is 3. The molecule has 4 nitrogen and oxygen atoms in total. The summed E-state index contributed by atoms with van der Waals surface area (Å²) in [7, 11) is -1.07. The Morgan fingerprint density at radius 2 is 2.00 bits per heavy atom. The first-order valence-electron chi connectivity index (χ1n) is 6.51. The third-order valence-corrected chi connectivity index (χ3v) is 4.60. The van der Waals surface area contributed by atoms with E-state index in [1.165, 1.54) is 0 Å². The van der Waals surface area contributed by atoms with Crippen LogP contribution in [0.15, 0.2) is 29.1 Å². The maximum atomic E-state index is 11.8. The molecule has 0 radical (unpaired) electrons. The van der Waals surface area contributed by atoms with Crippen molar-refractivity contribution in [3.05, 3.63) is 40.4 Å². The van der Waals surface area contributed by atoms with Gasteiger partial charge in [0.1, 0.15) is 12.4 Å². The first-order valence-corrected chi connectivity index (χ1v) is 10.2. The highest BCUT2D eigenvalue weighted by Crippen LogP contribution is 2.09. The second kappa shape index (κ2) is 5.67. The van der Waals surface area contributed by atoms with Crippen LogP contribution in [0.2, 0.25) is 25.7 Å². The van der Waals surface area contributed by atoms with Crippen LogP contribution < -0.4 is 5.56 Å². The van der Waals surface area contributed by atoms with E-state index in [0.717, 1.165) is 18.2 Å². The molecule has 0 saturated heterocycles. The van der Waals surface area contributed by atoms with Gasteiger partial charge in [-0.3, -0.25) is 4.79 Å². The minimum Gasteiger partial charge on any atom is -0.374 e. The van der Waals surface area contributed by atoms with Crippen LogP contribution in [0.1, 0.15) is 5.82 Å². The molecule has 2 rings (SSSR count). The number of hydrogen-bond donors (Lipinski definition) is 1. The number of ether oxygens (including phenoxy) is 1. The van der Waals surface area contributed by atoms with E-state index in [2.05, 4.69) is 29.6 Å². The van der Waals surface area contributed by atoms with Crippen molar-refractivity contribution in [2.24, 2.45) is 0 Å². The van der Waals surface area contributed by atoms with Crippen LogP contribution in [0.4, 0.5) is 0 Å². The molecule has 5 heteroatoms. The predicted molar refractivity (Wildman–Crippen MR) is 80.2 cm³/mol. The Morgan fingerprint density at radius 3 is 2.74 bits per heavy atom. The number of rotatable bonds is 5. The number of para-hydroxylation sites is 1. The Hall–Kier alpha value is -1.46. The lowest BCUT2D eigenvalue weighted by Crippen LogP contribution is -2.22.